The smallest absolute Gasteiger partial charge is 0.333 e. The summed E-state index contributed by atoms with van der Waals surface area (Å²) in [6, 6.07) is 6.68. The first-order valence-corrected chi connectivity index (χ1v) is 35.7. The van der Waals surface area contributed by atoms with Gasteiger partial charge in [-0.05, 0) is 51.7 Å². The fraction of sp³-hybridized carbons (Fsp3) is 0.474. The number of Topliss-reactive ketones (excluding diaryl/α,β-unsaturated/α-hetero) is 2. The topological polar surface area (TPSA) is 577 Å². The maximum Gasteiger partial charge on any atom is 0.333 e. The minimum absolute atomic E-state index is 0.00247. The van der Waals surface area contributed by atoms with Crippen LogP contribution in [0.1, 0.15) is 216 Å². The summed E-state index contributed by atoms with van der Waals surface area (Å²) in [5.74, 6) is -13.3. The molecule has 4 heterocycles. The average Bonchev–Trinajstić information content (AvgIpc) is 0.734. The molecule has 14 N–H and O–H groups in total. The first kappa shape index (κ1) is 84.4. The molecule has 0 aromatic heterocycles. The van der Waals surface area contributed by atoms with Gasteiger partial charge in [-0.25, -0.2) is 4.79 Å². The van der Waals surface area contributed by atoms with Crippen LogP contribution in [0.5, 0.6) is 34.5 Å². The van der Waals surface area contributed by atoms with Crippen LogP contribution in [0.3, 0.4) is 0 Å². The number of carboxylic acid groups (broad SMARTS) is 1. The number of fused-ring (bicyclic) bond motifs is 6. The summed E-state index contributed by atoms with van der Waals surface area (Å²) in [5, 5.41) is 134. The molecule has 0 saturated carbocycles. The lowest BCUT2D eigenvalue weighted by atomic mass is 9.72. The number of ether oxygens (including phenoxy) is 6. The van der Waals surface area contributed by atoms with E-state index in [9.17, 15) is 118 Å². The van der Waals surface area contributed by atoms with Gasteiger partial charge in [-0.15, -0.1) is 17.9 Å². The zero-order chi connectivity index (χ0) is 83.9. The van der Waals surface area contributed by atoms with Gasteiger partial charge in [0.1, 0.15) is 72.5 Å². The van der Waals surface area contributed by atoms with Gasteiger partial charge in [0, 0.05) is 123 Å². The number of benzene rings is 4. The number of ketones is 6. The molecule has 4 aliphatic heterocycles. The number of hydroxylamine groups is 4. The number of hydrogen-bond donors (Lipinski definition) is 14. The molecule has 4 saturated heterocycles. The zero-order valence-corrected chi connectivity index (χ0v) is 61.3. The molecule has 37 nitrogen and oxygen atoms in total. The number of carboxylic acids is 1. The number of aliphatic hydroxyl groups is 6. The first-order valence-electron chi connectivity index (χ1n) is 36.2. The minimum atomic E-state index is -2.37. The van der Waals surface area contributed by atoms with Crippen molar-refractivity contribution in [1.29, 1.82) is 0 Å². The van der Waals surface area contributed by atoms with Crippen LogP contribution in [-0.2, 0) is 84.6 Å². The second-order valence-corrected chi connectivity index (χ2v) is 27.8. The van der Waals surface area contributed by atoms with E-state index in [0.717, 1.165) is 0 Å². The number of phenolic OH excluding ortho intramolecular Hbond substituents is 4. The number of methoxy groups -OCH3 is 2. The van der Waals surface area contributed by atoms with E-state index >= 15 is 0 Å². The van der Waals surface area contributed by atoms with E-state index in [0.29, 0.717) is 11.5 Å². The molecule has 12 rings (SSSR count). The number of phenols is 4. The summed E-state index contributed by atoms with van der Waals surface area (Å²) in [6.07, 6.45) is -5.96. The Balaban J connectivity index is 0.000000232. The van der Waals surface area contributed by atoms with E-state index in [1.807, 2.05) is 0 Å². The molecule has 606 valence electrons. The molecule has 4 aromatic rings. The van der Waals surface area contributed by atoms with E-state index in [1.54, 1.807) is 0 Å². The molecule has 4 fully saturated rings. The number of carbonyl (C=O) groups is 14. The predicted octanol–water partition coefficient (Wildman–Crippen LogP) is 0.904. The van der Waals surface area contributed by atoms with Crippen LogP contribution >= 0.6 is 0 Å². The number of aliphatic carboxylic acids is 1. The Morgan fingerprint density at radius 3 is 1.27 bits per heavy atom. The van der Waals surface area contributed by atoms with E-state index in [-0.39, 0.29) is 145 Å². The first-order chi connectivity index (χ1) is 53.9. The molecule has 0 spiro atoms. The van der Waals surface area contributed by atoms with E-state index in [1.165, 1.54) is 70.9 Å². The number of unbranched alkanes of at least 4 members (excludes halogenated alkanes) is 2. The molecule has 113 heavy (non-hydrogen) atoms. The molecule has 12 unspecified atom stereocenters. The summed E-state index contributed by atoms with van der Waals surface area (Å²) in [6.45, 7) is 0.832. The highest BCUT2D eigenvalue weighted by Gasteiger charge is 2.53. The molecular formula is C76H84N4O33. The van der Waals surface area contributed by atoms with Crippen LogP contribution in [0.15, 0.2) is 36.4 Å². The van der Waals surface area contributed by atoms with Crippen molar-refractivity contribution in [3.05, 3.63) is 103 Å². The summed E-state index contributed by atoms with van der Waals surface area (Å²) < 4.78 is 40.4. The largest absolute Gasteiger partial charge is 0.507 e. The van der Waals surface area contributed by atoms with Crippen molar-refractivity contribution in [2.75, 3.05) is 27.4 Å². The minimum Gasteiger partial charge on any atom is -0.507 e. The number of rotatable bonds is 23. The Kier molecular flexibility index (Phi) is 26.7. The number of nitrogens with one attached hydrogen (secondary N) is 2. The Labute approximate surface area is 643 Å². The number of carbonyl (C=O) groups excluding carboxylic acids is 13. The summed E-state index contributed by atoms with van der Waals surface area (Å²) >= 11 is 0. The second kappa shape index (κ2) is 35.8. The van der Waals surface area contributed by atoms with Crippen LogP contribution in [-0.4, -0.2) is 241 Å². The van der Waals surface area contributed by atoms with E-state index < -0.39 is 239 Å². The lowest BCUT2D eigenvalue weighted by molar-refractivity contribution is -0.249. The van der Waals surface area contributed by atoms with Crippen molar-refractivity contribution in [2.24, 2.45) is 0 Å². The molecule has 4 aliphatic carbocycles. The Bertz CT molecular complexity index is 4580. The van der Waals surface area contributed by atoms with Crippen LogP contribution in [0.4, 0.5) is 0 Å². The third kappa shape index (κ3) is 17.6. The van der Waals surface area contributed by atoms with E-state index in [4.69, 9.17) is 44.9 Å². The zero-order valence-electron chi connectivity index (χ0n) is 62.3. The third-order valence-corrected chi connectivity index (χ3v) is 20.5. The van der Waals surface area contributed by atoms with Gasteiger partial charge >= 0.3 is 11.9 Å². The molecule has 37 heteroatoms. The average molecular weight is 1580 g/mol. The van der Waals surface area contributed by atoms with Gasteiger partial charge in [0.2, 0.25) is 23.4 Å². The number of terminal acetylenes is 1. The number of aliphatic hydroxyl groups excluding tert-OH is 4. The van der Waals surface area contributed by atoms with Crippen molar-refractivity contribution >= 4 is 82.1 Å². The number of nitrogens with zero attached hydrogens (tertiary/aromatic N) is 2. The molecule has 0 radical (unpaired) electrons. The monoisotopic (exact) mass is 1580 g/mol. The van der Waals surface area contributed by atoms with Gasteiger partial charge in [-0.2, -0.15) is 5.06 Å². The Morgan fingerprint density at radius 2 is 0.920 bits per heavy atom. The number of hydrogen-bond acceptors (Lipinski definition) is 32. The van der Waals surface area contributed by atoms with Gasteiger partial charge < -0.3 is 100 Å². The van der Waals surface area contributed by atoms with Gasteiger partial charge in [0.15, 0.2) is 35.7 Å². The number of imide groups is 2. The Morgan fingerprint density at radius 1 is 0.558 bits per heavy atom. The number of amides is 6. The van der Waals surface area contributed by atoms with Crippen molar-refractivity contribution in [2.45, 2.75) is 202 Å². The highest BCUT2D eigenvalue weighted by atomic mass is 16.7. The molecular weight excluding hydrogens is 1500 g/mol. The van der Waals surface area contributed by atoms with Crippen LogP contribution in [0.25, 0.3) is 0 Å². The molecule has 12 atom stereocenters. The van der Waals surface area contributed by atoms with Gasteiger partial charge in [-0.3, -0.25) is 67.5 Å². The van der Waals surface area contributed by atoms with Gasteiger partial charge in [-0.1, -0.05) is 24.3 Å². The normalized spacial score (nSPS) is 25.3. The van der Waals surface area contributed by atoms with Crippen LogP contribution in [0.2, 0.25) is 0 Å². The SMILES string of the molecule is COc1cccc2c1C(=O)c1c(O)c3c(c(O)c1C2=O)CC(O)(C(=O)CO)CC3OC1CC(NC(=O)CCCCC(=O)O)C(O)C(C)O1.COc1cccc2c1C(=O)c1c(O)c3c(c(O)c1C2=O)CC(O)(C(=O)CO)CC3OC1CC(NC(=O)CCCCC(=O)ON2C(=O)CCC2=O)C(O)C(C)O1.O=C1CCC(=O)N1O.[2H]C#C. The molecule has 0 bridgehead atoms. The van der Waals surface area contributed by atoms with Crippen molar-refractivity contribution < 1.29 is 163 Å². The lowest BCUT2D eigenvalue weighted by Gasteiger charge is -2.43. The quantitative estimate of drug-likeness (QED) is 0.0139. The number of aromatic hydroxyl groups is 4. The predicted molar refractivity (Wildman–Crippen MR) is 376 cm³/mol. The van der Waals surface area contributed by atoms with Gasteiger partial charge in [0.05, 0.1) is 84.1 Å². The highest BCUT2D eigenvalue weighted by Crippen LogP contribution is 2.55. The Hall–Kier alpha value is -11.0. The maximum atomic E-state index is 13.9. The van der Waals surface area contributed by atoms with Crippen molar-refractivity contribution in [3.8, 4) is 47.3 Å². The fourth-order valence-electron chi connectivity index (χ4n) is 14.8. The van der Waals surface area contributed by atoms with Gasteiger partial charge in [0.25, 0.3) is 23.6 Å². The summed E-state index contributed by atoms with van der Waals surface area (Å²) in [4.78, 5) is 178. The fourth-order valence-corrected chi connectivity index (χ4v) is 14.8. The molecule has 4 aromatic carbocycles. The maximum absolute atomic E-state index is 13.9. The van der Waals surface area contributed by atoms with E-state index in [2.05, 4.69) is 17.1 Å². The highest BCUT2D eigenvalue weighted by molar-refractivity contribution is 6.32. The third-order valence-electron chi connectivity index (χ3n) is 20.5. The summed E-state index contributed by atoms with van der Waals surface area (Å²) in [7, 11) is 2.59. The van der Waals surface area contributed by atoms with Crippen molar-refractivity contribution in [3.63, 3.8) is 0 Å². The molecule has 8 aliphatic rings. The van der Waals surface area contributed by atoms with Crippen LogP contribution in [0, 0.1) is 12.8 Å². The second-order valence-electron chi connectivity index (χ2n) is 27.8. The lowest BCUT2D eigenvalue weighted by Crippen LogP contribution is -2.55. The standard InChI is InChI=1S/C37H40N2O16.C33H37NO14.C4H5NO3.C2H2/c1-16-32(46)19(38-23(42)8-3-4-9-26(45)55-39-24(43)10-11-25(39)44)12-27(53-16)54-21-14-37(51,22(41)15-40)13-18-29(21)36(50)31-30(34(18)48)33(47)17-6-5-7-20(52-2)28(17)35(31)49;1-14-28(40)17(34-21(37)8-3-4-9-22(38)39)10-23(47-14)48-19-12-33(45,20(36)13-35)11-16-25(19)32(44)27-26(30(16)42)29(41)15-6-5-7-18(46-2)24(15)31(27)43;6-3-1-2-4(7)5(3)8;1-2/h5-7,16,19,21,27,32,40,46,48,50-51H,3-4,8-15H2,1-2H3,(H,38,42);5-7,14,17,19,23,28,35,40,42,44-45H,3-4,8-13H2,1-2H3,(H,34,37)(H,38,39);8H,1-2H2;1-2H/i;;;1D. The van der Waals surface area contributed by atoms with Crippen molar-refractivity contribution in [1.82, 2.24) is 20.8 Å². The molecule has 6 amide bonds. The van der Waals surface area contributed by atoms with Crippen LogP contribution < -0.4 is 20.1 Å². The summed E-state index contributed by atoms with van der Waals surface area (Å²) in [5.41, 5.74) is -8.29.